The summed E-state index contributed by atoms with van der Waals surface area (Å²) in [6, 6.07) is 12.9. The van der Waals surface area contributed by atoms with Crippen LogP contribution in [0, 0.1) is 0 Å². The molecule has 1 aliphatic rings. The van der Waals surface area contributed by atoms with Gasteiger partial charge in [-0.1, -0.05) is 30.3 Å². The molecule has 1 aromatic carbocycles. The molecule has 2 aromatic rings. The minimum absolute atomic E-state index is 0.0546. The number of nitrogens with zero attached hydrogens (tertiary/aromatic N) is 1. The standard InChI is InChI=1S/C15H15NO2/c17-15(12-6-2-1-3-7-12)13-8-9-14(18-13)16-10-4-5-11-16/h1-3,6-9H,4-5,10-11H2. The molecule has 1 fully saturated rings. The Morgan fingerprint density at radius 2 is 1.72 bits per heavy atom. The first kappa shape index (κ1) is 11.1. The smallest absolute Gasteiger partial charge is 0.228 e. The lowest BCUT2D eigenvalue weighted by molar-refractivity contribution is 0.101. The van der Waals surface area contributed by atoms with Gasteiger partial charge in [-0.25, -0.2) is 0 Å². The Kier molecular flexibility index (Phi) is 2.89. The summed E-state index contributed by atoms with van der Waals surface area (Å²) in [7, 11) is 0. The number of ketones is 1. The fourth-order valence-electron chi connectivity index (χ4n) is 2.29. The highest BCUT2D eigenvalue weighted by molar-refractivity contribution is 6.07. The Labute approximate surface area is 106 Å². The van der Waals surface area contributed by atoms with Gasteiger partial charge in [0.15, 0.2) is 11.6 Å². The molecule has 18 heavy (non-hydrogen) atoms. The summed E-state index contributed by atoms with van der Waals surface area (Å²) in [4.78, 5) is 14.3. The van der Waals surface area contributed by atoms with E-state index in [0.29, 0.717) is 11.3 Å². The predicted octanol–water partition coefficient (Wildman–Crippen LogP) is 3.11. The van der Waals surface area contributed by atoms with Crippen LogP contribution in [0.4, 0.5) is 5.88 Å². The highest BCUT2D eigenvalue weighted by Gasteiger charge is 2.18. The second-order valence-electron chi connectivity index (χ2n) is 4.53. The molecule has 0 spiro atoms. The predicted molar refractivity (Wildman–Crippen MR) is 70.0 cm³/mol. The van der Waals surface area contributed by atoms with Crippen LogP contribution in [0.25, 0.3) is 0 Å². The highest BCUT2D eigenvalue weighted by atomic mass is 16.4. The lowest BCUT2D eigenvalue weighted by Gasteiger charge is -2.12. The molecule has 0 saturated carbocycles. The Balaban J connectivity index is 1.83. The molecule has 1 saturated heterocycles. The molecular formula is C15H15NO2. The van der Waals surface area contributed by atoms with E-state index in [9.17, 15) is 4.79 Å². The van der Waals surface area contributed by atoms with E-state index in [1.807, 2.05) is 24.3 Å². The van der Waals surface area contributed by atoms with E-state index in [1.165, 1.54) is 12.8 Å². The van der Waals surface area contributed by atoms with Crippen LogP contribution in [0.3, 0.4) is 0 Å². The van der Waals surface area contributed by atoms with Crippen LogP contribution in [0.1, 0.15) is 29.0 Å². The normalized spacial score (nSPS) is 15.0. The van der Waals surface area contributed by atoms with Crippen molar-refractivity contribution in [1.82, 2.24) is 0 Å². The Morgan fingerprint density at radius 3 is 2.44 bits per heavy atom. The maximum Gasteiger partial charge on any atom is 0.228 e. The van der Waals surface area contributed by atoms with Gasteiger partial charge in [0.25, 0.3) is 0 Å². The van der Waals surface area contributed by atoms with Crippen LogP contribution in [0.15, 0.2) is 46.9 Å². The maximum absolute atomic E-state index is 12.2. The first-order chi connectivity index (χ1) is 8.84. The Bertz CT molecular complexity index is 539. The van der Waals surface area contributed by atoms with E-state index in [2.05, 4.69) is 4.90 Å². The molecule has 0 atom stereocenters. The number of carbonyl (C=O) groups is 1. The summed E-state index contributed by atoms with van der Waals surface area (Å²) in [6.45, 7) is 2.04. The maximum atomic E-state index is 12.2. The number of hydrogen-bond donors (Lipinski definition) is 0. The van der Waals surface area contributed by atoms with E-state index < -0.39 is 0 Å². The van der Waals surface area contributed by atoms with Crippen molar-refractivity contribution in [3.63, 3.8) is 0 Å². The first-order valence-corrected chi connectivity index (χ1v) is 6.29. The van der Waals surface area contributed by atoms with Gasteiger partial charge in [0.05, 0.1) is 0 Å². The Hall–Kier alpha value is -2.03. The third kappa shape index (κ3) is 2.04. The quantitative estimate of drug-likeness (QED) is 0.774. The van der Waals surface area contributed by atoms with Gasteiger partial charge in [-0.3, -0.25) is 4.79 Å². The average molecular weight is 241 g/mol. The number of benzene rings is 1. The van der Waals surface area contributed by atoms with Crippen LogP contribution in [0.2, 0.25) is 0 Å². The summed E-state index contributed by atoms with van der Waals surface area (Å²) in [6.07, 6.45) is 2.39. The van der Waals surface area contributed by atoms with Gasteiger partial charge in [-0.2, -0.15) is 0 Å². The molecule has 0 bridgehead atoms. The van der Waals surface area contributed by atoms with Crippen molar-refractivity contribution < 1.29 is 9.21 Å². The van der Waals surface area contributed by atoms with Crippen LogP contribution in [-0.2, 0) is 0 Å². The molecular weight excluding hydrogens is 226 g/mol. The molecule has 92 valence electrons. The van der Waals surface area contributed by atoms with E-state index in [0.717, 1.165) is 19.0 Å². The zero-order valence-corrected chi connectivity index (χ0v) is 10.1. The van der Waals surface area contributed by atoms with Gasteiger partial charge in [0.1, 0.15) is 0 Å². The molecule has 0 radical (unpaired) electrons. The van der Waals surface area contributed by atoms with Gasteiger partial charge in [0.2, 0.25) is 5.78 Å². The molecule has 3 heteroatoms. The van der Waals surface area contributed by atoms with E-state index in [-0.39, 0.29) is 5.78 Å². The monoisotopic (exact) mass is 241 g/mol. The second-order valence-corrected chi connectivity index (χ2v) is 4.53. The zero-order valence-electron chi connectivity index (χ0n) is 10.1. The molecule has 2 heterocycles. The minimum Gasteiger partial charge on any atom is -0.437 e. The van der Waals surface area contributed by atoms with Crippen molar-refractivity contribution >= 4 is 11.7 Å². The largest absolute Gasteiger partial charge is 0.437 e. The van der Waals surface area contributed by atoms with Crippen molar-refractivity contribution in [3.05, 3.63) is 53.8 Å². The molecule has 3 rings (SSSR count). The first-order valence-electron chi connectivity index (χ1n) is 6.29. The van der Waals surface area contributed by atoms with E-state index in [1.54, 1.807) is 18.2 Å². The third-order valence-electron chi connectivity index (χ3n) is 3.27. The fraction of sp³-hybridized carbons (Fsp3) is 0.267. The topological polar surface area (TPSA) is 33.5 Å². The van der Waals surface area contributed by atoms with E-state index in [4.69, 9.17) is 4.42 Å². The third-order valence-corrected chi connectivity index (χ3v) is 3.27. The minimum atomic E-state index is -0.0546. The summed E-state index contributed by atoms with van der Waals surface area (Å²) < 4.78 is 5.66. The lowest BCUT2D eigenvalue weighted by atomic mass is 10.1. The van der Waals surface area contributed by atoms with E-state index >= 15 is 0 Å². The number of anilines is 1. The molecule has 3 nitrogen and oxygen atoms in total. The van der Waals surface area contributed by atoms with Gasteiger partial charge in [0, 0.05) is 24.7 Å². The van der Waals surface area contributed by atoms with Gasteiger partial charge in [-0.05, 0) is 18.9 Å². The van der Waals surface area contributed by atoms with Crippen LogP contribution >= 0.6 is 0 Å². The van der Waals surface area contributed by atoms with Crippen LogP contribution < -0.4 is 4.90 Å². The van der Waals surface area contributed by atoms with Gasteiger partial charge >= 0.3 is 0 Å². The number of hydrogen-bond acceptors (Lipinski definition) is 3. The second kappa shape index (κ2) is 4.69. The SMILES string of the molecule is O=C(c1ccccc1)c1ccc(N2CCCC2)o1. The number of furan rings is 1. The number of rotatable bonds is 3. The van der Waals surface area contributed by atoms with Crippen molar-refractivity contribution in [2.75, 3.05) is 18.0 Å². The van der Waals surface area contributed by atoms with Crippen molar-refractivity contribution in [2.45, 2.75) is 12.8 Å². The summed E-state index contributed by atoms with van der Waals surface area (Å²) in [5, 5.41) is 0. The summed E-state index contributed by atoms with van der Waals surface area (Å²) in [5.74, 6) is 1.18. The molecule has 0 N–H and O–H groups in total. The van der Waals surface area contributed by atoms with Crippen molar-refractivity contribution in [3.8, 4) is 0 Å². The zero-order chi connectivity index (χ0) is 12.4. The molecule has 1 aromatic heterocycles. The van der Waals surface area contributed by atoms with Crippen molar-refractivity contribution in [2.24, 2.45) is 0 Å². The lowest BCUT2D eigenvalue weighted by Crippen LogP contribution is -2.16. The molecule has 1 aliphatic heterocycles. The van der Waals surface area contributed by atoms with Crippen molar-refractivity contribution in [1.29, 1.82) is 0 Å². The van der Waals surface area contributed by atoms with Gasteiger partial charge < -0.3 is 9.32 Å². The average Bonchev–Trinajstić information content (AvgIpc) is 3.09. The molecule has 0 amide bonds. The highest BCUT2D eigenvalue weighted by Crippen LogP contribution is 2.24. The number of carbonyl (C=O) groups excluding carboxylic acids is 1. The summed E-state index contributed by atoms with van der Waals surface area (Å²) >= 11 is 0. The van der Waals surface area contributed by atoms with Crippen LogP contribution in [-0.4, -0.2) is 18.9 Å². The van der Waals surface area contributed by atoms with Gasteiger partial charge in [-0.15, -0.1) is 0 Å². The molecule has 0 unspecified atom stereocenters. The summed E-state index contributed by atoms with van der Waals surface area (Å²) in [5.41, 5.74) is 0.667. The molecule has 0 aliphatic carbocycles. The fourth-order valence-corrected chi connectivity index (χ4v) is 2.29. The Morgan fingerprint density at radius 1 is 1.00 bits per heavy atom. The van der Waals surface area contributed by atoms with Crippen LogP contribution in [0.5, 0.6) is 0 Å².